The number of benzene rings is 2. The Hall–Kier alpha value is -4.38. The molecule has 5 aromatic rings. The highest BCUT2D eigenvalue weighted by Crippen LogP contribution is 2.36. The van der Waals surface area contributed by atoms with Crippen LogP contribution in [0.1, 0.15) is 44.9 Å². The first-order chi connectivity index (χ1) is 18.5. The highest BCUT2D eigenvalue weighted by Gasteiger charge is 2.41. The molecule has 5 rings (SSSR count). The van der Waals surface area contributed by atoms with Gasteiger partial charge in [-0.05, 0) is 36.1 Å². The smallest absolute Gasteiger partial charge is 0.337 e. The van der Waals surface area contributed by atoms with Gasteiger partial charge in [0.25, 0.3) is 0 Å². The fourth-order valence-corrected chi connectivity index (χ4v) is 4.62. The molecule has 0 saturated carbocycles. The highest BCUT2D eigenvalue weighted by molar-refractivity contribution is 5.38. The number of hydrogen-bond donors (Lipinski definition) is 1. The summed E-state index contributed by atoms with van der Waals surface area (Å²) in [6.07, 6.45) is 9.07. The normalized spacial score (nSPS) is 14.3. The lowest BCUT2D eigenvalue weighted by Gasteiger charge is -2.34. The maximum atomic E-state index is 14.9. The van der Waals surface area contributed by atoms with E-state index in [2.05, 4.69) is 36.0 Å². The van der Waals surface area contributed by atoms with Crippen LogP contribution >= 0.6 is 0 Å². The van der Waals surface area contributed by atoms with Gasteiger partial charge in [-0.25, -0.2) is 23.2 Å². The summed E-state index contributed by atoms with van der Waals surface area (Å²) in [5.41, 5.74) is 0.0265. The molecule has 0 aliphatic heterocycles. The Kier molecular flexibility index (Phi) is 6.55. The molecule has 39 heavy (non-hydrogen) atoms. The molecule has 0 aliphatic carbocycles. The number of rotatable bonds is 7. The predicted octanol–water partition coefficient (Wildman–Crippen LogP) is 4.14. The predicted molar refractivity (Wildman–Crippen MR) is 141 cm³/mol. The van der Waals surface area contributed by atoms with E-state index in [0.717, 1.165) is 23.4 Å². The summed E-state index contributed by atoms with van der Waals surface area (Å²) in [5.74, 6) is -1.66. The van der Waals surface area contributed by atoms with Crippen LogP contribution in [0.25, 0.3) is 11.4 Å². The first-order valence-electron chi connectivity index (χ1n) is 12.4. The number of nitrogens with zero attached hydrogens (tertiary/aromatic N) is 7. The number of imidazole rings is 1. The van der Waals surface area contributed by atoms with E-state index in [0.29, 0.717) is 5.69 Å². The van der Waals surface area contributed by atoms with Crippen LogP contribution in [0.3, 0.4) is 0 Å². The molecular formula is C28H29F2N7O2. The van der Waals surface area contributed by atoms with Gasteiger partial charge in [0.15, 0.2) is 0 Å². The van der Waals surface area contributed by atoms with Crippen LogP contribution in [0.15, 0.2) is 84.7 Å². The van der Waals surface area contributed by atoms with Crippen LogP contribution in [0.4, 0.5) is 8.78 Å². The lowest BCUT2D eigenvalue weighted by atomic mass is 9.86. The minimum Gasteiger partial charge on any atom is -0.381 e. The van der Waals surface area contributed by atoms with Gasteiger partial charge >= 0.3 is 5.69 Å². The number of aromatic nitrogens is 7. The van der Waals surface area contributed by atoms with E-state index in [1.807, 2.05) is 24.3 Å². The van der Waals surface area contributed by atoms with E-state index in [-0.39, 0.29) is 23.2 Å². The summed E-state index contributed by atoms with van der Waals surface area (Å²) < 4.78 is 34.3. The maximum absolute atomic E-state index is 14.9. The van der Waals surface area contributed by atoms with E-state index in [1.54, 1.807) is 25.5 Å². The van der Waals surface area contributed by atoms with Gasteiger partial charge in [-0.3, -0.25) is 13.8 Å². The van der Waals surface area contributed by atoms with Crippen molar-refractivity contribution in [1.82, 2.24) is 33.7 Å². The Bertz CT molecular complexity index is 1650. The van der Waals surface area contributed by atoms with Gasteiger partial charge < -0.3 is 5.11 Å². The fraction of sp³-hybridized carbons (Fsp3) is 0.286. The summed E-state index contributed by atoms with van der Waals surface area (Å²) in [7, 11) is 0. The molecule has 2 aromatic carbocycles. The van der Waals surface area contributed by atoms with E-state index in [1.165, 1.54) is 43.4 Å². The molecule has 11 heteroatoms. The molecule has 0 amide bonds. The zero-order chi connectivity index (χ0) is 27.9. The van der Waals surface area contributed by atoms with Gasteiger partial charge in [-0.1, -0.05) is 39.0 Å². The number of halogens is 2. The van der Waals surface area contributed by atoms with Crippen molar-refractivity contribution < 1.29 is 13.9 Å². The fourth-order valence-electron chi connectivity index (χ4n) is 4.62. The Morgan fingerprint density at radius 3 is 2.28 bits per heavy atom. The van der Waals surface area contributed by atoms with Gasteiger partial charge in [-0.2, -0.15) is 10.2 Å². The molecule has 3 heterocycles. The molecule has 0 fully saturated rings. The average molecular weight is 534 g/mol. The standard InChI is InChI=1S/C28H29F2N7O2/c1-19(28(39,16-34-18-31-17-33-34)24-10-7-21(29)13-25(24)30)37-15-23(14-32-37)36-12-11-35(26(36)38)22-8-5-20(6-9-22)27(2,3)4/h5-15,17-19,39H,16H2,1-4H3/t19-,28-/m1/s1. The summed E-state index contributed by atoms with van der Waals surface area (Å²) in [5, 5.41) is 20.2. The summed E-state index contributed by atoms with van der Waals surface area (Å²) in [4.78, 5) is 17.2. The molecule has 9 nitrogen and oxygen atoms in total. The SMILES string of the molecule is C[C@@H](n1cc(-n2ccn(-c3ccc(C(C)(C)C)cc3)c2=O)cn1)[C@](O)(Cn1cncn1)c1ccc(F)cc1F. The van der Waals surface area contributed by atoms with Crippen molar-refractivity contribution in [3.63, 3.8) is 0 Å². The Labute approximate surface area is 223 Å². The third kappa shape index (κ3) is 4.92. The van der Waals surface area contributed by atoms with Crippen molar-refractivity contribution in [3.8, 4) is 11.4 Å². The lowest BCUT2D eigenvalue weighted by Crippen LogP contribution is -2.40. The molecule has 3 aromatic heterocycles. The van der Waals surface area contributed by atoms with E-state index in [4.69, 9.17) is 0 Å². The third-order valence-corrected chi connectivity index (χ3v) is 7.01. The van der Waals surface area contributed by atoms with E-state index in [9.17, 15) is 18.7 Å². The van der Waals surface area contributed by atoms with E-state index >= 15 is 0 Å². The topological polar surface area (TPSA) is 95.7 Å². The Balaban J connectivity index is 1.48. The molecule has 0 aliphatic rings. The third-order valence-electron chi connectivity index (χ3n) is 7.01. The maximum Gasteiger partial charge on any atom is 0.337 e. The second kappa shape index (κ2) is 9.73. The lowest BCUT2D eigenvalue weighted by molar-refractivity contribution is -0.0369. The van der Waals surface area contributed by atoms with Crippen molar-refractivity contribution in [2.24, 2.45) is 0 Å². The van der Waals surface area contributed by atoms with Crippen molar-refractivity contribution in [2.45, 2.75) is 51.3 Å². The molecule has 0 saturated heterocycles. The summed E-state index contributed by atoms with van der Waals surface area (Å²) >= 11 is 0. The molecular weight excluding hydrogens is 504 g/mol. The minimum absolute atomic E-state index is 0.00657. The van der Waals surface area contributed by atoms with Crippen LogP contribution in [0, 0.1) is 11.6 Å². The van der Waals surface area contributed by atoms with Gasteiger partial charge in [0, 0.05) is 30.2 Å². The van der Waals surface area contributed by atoms with Gasteiger partial charge in [0.05, 0.1) is 30.2 Å². The Morgan fingerprint density at radius 1 is 0.974 bits per heavy atom. The van der Waals surface area contributed by atoms with Crippen LogP contribution in [-0.4, -0.2) is 38.8 Å². The molecule has 0 radical (unpaired) electrons. The molecule has 0 spiro atoms. The second-order valence-electron chi connectivity index (χ2n) is 10.6. The zero-order valence-electron chi connectivity index (χ0n) is 22.0. The van der Waals surface area contributed by atoms with Crippen LogP contribution in [-0.2, 0) is 17.6 Å². The van der Waals surface area contributed by atoms with Crippen molar-refractivity contribution >= 4 is 0 Å². The average Bonchev–Trinajstić information content (AvgIpc) is 3.64. The largest absolute Gasteiger partial charge is 0.381 e. The molecule has 2 atom stereocenters. The highest BCUT2D eigenvalue weighted by atomic mass is 19.1. The van der Waals surface area contributed by atoms with Crippen molar-refractivity contribution in [2.75, 3.05) is 0 Å². The zero-order valence-corrected chi connectivity index (χ0v) is 22.0. The van der Waals surface area contributed by atoms with Crippen LogP contribution < -0.4 is 5.69 Å². The van der Waals surface area contributed by atoms with Crippen LogP contribution in [0.5, 0.6) is 0 Å². The second-order valence-corrected chi connectivity index (χ2v) is 10.6. The number of aliphatic hydroxyl groups is 1. The van der Waals surface area contributed by atoms with Crippen molar-refractivity contribution in [3.05, 3.63) is 113 Å². The van der Waals surface area contributed by atoms with E-state index < -0.39 is 23.3 Å². The van der Waals surface area contributed by atoms with Crippen molar-refractivity contribution in [1.29, 1.82) is 0 Å². The first-order valence-corrected chi connectivity index (χ1v) is 12.4. The molecule has 1 N–H and O–H groups in total. The van der Waals surface area contributed by atoms with Gasteiger partial charge in [0.2, 0.25) is 0 Å². The van der Waals surface area contributed by atoms with Crippen LogP contribution in [0.2, 0.25) is 0 Å². The van der Waals surface area contributed by atoms with Gasteiger partial charge in [0.1, 0.15) is 29.9 Å². The summed E-state index contributed by atoms with van der Waals surface area (Å²) in [6, 6.07) is 9.98. The monoisotopic (exact) mass is 533 g/mol. The Morgan fingerprint density at radius 2 is 1.67 bits per heavy atom. The molecule has 202 valence electrons. The quantitative estimate of drug-likeness (QED) is 0.339. The molecule has 0 bridgehead atoms. The first kappa shape index (κ1) is 26.2. The molecule has 0 unspecified atom stereocenters. The van der Waals surface area contributed by atoms with Gasteiger partial charge in [-0.15, -0.1) is 0 Å². The minimum atomic E-state index is -1.89. The number of hydrogen-bond acceptors (Lipinski definition) is 5. The summed E-state index contributed by atoms with van der Waals surface area (Å²) in [6.45, 7) is 7.86.